The molecule has 0 radical (unpaired) electrons. The van der Waals surface area contributed by atoms with E-state index in [4.69, 9.17) is 6.42 Å². The zero-order valence-electron chi connectivity index (χ0n) is 4.14. The minimum Gasteiger partial charge on any atom is -0.299 e. The summed E-state index contributed by atoms with van der Waals surface area (Å²) in [5.74, 6) is 2.30. The first-order chi connectivity index (χ1) is 3.31. The molecule has 0 N–H and O–H groups in total. The van der Waals surface area contributed by atoms with Crippen LogP contribution in [0.3, 0.4) is 0 Å². The highest BCUT2D eigenvalue weighted by Gasteiger charge is 1.72. The molecule has 0 atom stereocenters. The van der Waals surface area contributed by atoms with Gasteiger partial charge in [-0.15, -0.1) is 6.42 Å². The first-order valence-electron chi connectivity index (χ1n) is 1.90. The summed E-state index contributed by atoms with van der Waals surface area (Å²) in [6.07, 6.45) is 6.90. The van der Waals surface area contributed by atoms with Crippen molar-refractivity contribution in [3.63, 3.8) is 0 Å². The molecule has 0 amide bonds. The third-order valence-electron chi connectivity index (χ3n) is 0.546. The normalized spacial score (nSPS) is 10.0. The van der Waals surface area contributed by atoms with Gasteiger partial charge in [-0.2, -0.15) is 0 Å². The number of carbonyl (C=O) groups excluding carboxylic acids is 1. The third-order valence-corrected chi connectivity index (χ3v) is 0.546. The highest BCUT2D eigenvalue weighted by atomic mass is 16.1. The number of carbonyl (C=O) groups is 1. The predicted molar refractivity (Wildman–Crippen MR) is 28.7 cm³/mol. The maximum Gasteiger partial charge on any atom is 0.143 e. The number of rotatable bonds is 1. The average Bonchev–Trinajstić information content (AvgIpc) is 1.68. The van der Waals surface area contributed by atoms with Gasteiger partial charge in [0, 0.05) is 5.57 Å². The standard InChI is InChI=1S/C6H6O/c1-3-6(2)4-5-7/h1,4-5H,2H3. The van der Waals surface area contributed by atoms with Crippen molar-refractivity contribution >= 4 is 6.29 Å². The van der Waals surface area contributed by atoms with Crippen LogP contribution < -0.4 is 0 Å². The Labute approximate surface area is 43.0 Å². The second-order valence-electron chi connectivity index (χ2n) is 1.13. The lowest BCUT2D eigenvalue weighted by Gasteiger charge is -1.74. The van der Waals surface area contributed by atoms with E-state index in [0.29, 0.717) is 11.9 Å². The Morgan fingerprint density at radius 3 is 2.57 bits per heavy atom. The molecule has 0 bridgehead atoms. The fraction of sp³-hybridized carbons (Fsp3) is 0.167. The highest BCUT2D eigenvalue weighted by molar-refractivity contribution is 5.67. The SMILES string of the molecule is C#CC(C)=CC=O. The second-order valence-corrected chi connectivity index (χ2v) is 1.13. The number of allylic oxidation sites excluding steroid dienone is 2. The van der Waals surface area contributed by atoms with Crippen LogP contribution in [-0.2, 0) is 4.79 Å². The predicted octanol–water partition coefficient (Wildman–Crippen LogP) is 0.765. The van der Waals surface area contributed by atoms with Gasteiger partial charge in [-0.05, 0) is 13.0 Å². The number of aldehydes is 1. The summed E-state index contributed by atoms with van der Waals surface area (Å²) in [5, 5.41) is 0. The molecule has 0 aliphatic rings. The molecule has 0 aliphatic heterocycles. The third kappa shape index (κ3) is 2.78. The van der Waals surface area contributed by atoms with Crippen molar-refractivity contribution in [2.75, 3.05) is 0 Å². The molecule has 36 valence electrons. The first-order valence-corrected chi connectivity index (χ1v) is 1.90. The molecular weight excluding hydrogens is 88.1 g/mol. The van der Waals surface area contributed by atoms with Gasteiger partial charge in [0.25, 0.3) is 0 Å². The van der Waals surface area contributed by atoms with E-state index in [1.807, 2.05) is 0 Å². The fourth-order valence-electron chi connectivity index (χ4n) is 0.150. The maximum absolute atomic E-state index is 9.60. The van der Waals surface area contributed by atoms with Gasteiger partial charge < -0.3 is 0 Å². The quantitative estimate of drug-likeness (QED) is 0.266. The van der Waals surface area contributed by atoms with E-state index in [1.165, 1.54) is 6.08 Å². The van der Waals surface area contributed by atoms with Crippen molar-refractivity contribution in [1.82, 2.24) is 0 Å². The number of terminal acetylenes is 1. The Kier molecular flexibility index (Phi) is 2.70. The Balaban J connectivity index is 3.80. The van der Waals surface area contributed by atoms with Gasteiger partial charge in [0.1, 0.15) is 6.29 Å². The lowest BCUT2D eigenvalue weighted by Crippen LogP contribution is -1.66. The van der Waals surface area contributed by atoms with Gasteiger partial charge in [-0.25, -0.2) is 0 Å². The number of hydrogen-bond donors (Lipinski definition) is 0. The molecule has 0 spiro atoms. The molecule has 1 heteroatoms. The monoisotopic (exact) mass is 94.0 g/mol. The van der Waals surface area contributed by atoms with Gasteiger partial charge >= 0.3 is 0 Å². The van der Waals surface area contributed by atoms with Crippen molar-refractivity contribution in [2.45, 2.75) is 6.92 Å². The van der Waals surface area contributed by atoms with Crippen LogP contribution >= 0.6 is 0 Å². The van der Waals surface area contributed by atoms with Crippen LogP contribution in [0.15, 0.2) is 11.6 Å². The lowest BCUT2D eigenvalue weighted by molar-refractivity contribution is -0.104. The van der Waals surface area contributed by atoms with Crippen LogP contribution in [0.4, 0.5) is 0 Å². The molecule has 0 aromatic rings. The van der Waals surface area contributed by atoms with Crippen LogP contribution in [-0.4, -0.2) is 6.29 Å². The van der Waals surface area contributed by atoms with E-state index < -0.39 is 0 Å². The summed E-state index contributed by atoms with van der Waals surface area (Å²) >= 11 is 0. The van der Waals surface area contributed by atoms with Gasteiger partial charge in [-0.3, -0.25) is 4.79 Å². The minimum absolute atomic E-state index is 0.662. The Hall–Kier alpha value is -1.03. The van der Waals surface area contributed by atoms with Crippen molar-refractivity contribution < 1.29 is 4.79 Å². The van der Waals surface area contributed by atoms with E-state index in [2.05, 4.69) is 5.92 Å². The Morgan fingerprint density at radius 2 is 2.43 bits per heavy atom. The van der Waals surface area contributed by atoms with E-state index >= 15 is 0 Å². The molecule has 0 saturated heterocycles. The van der Waals surface area contributed by atoms with Gasteiger partial charge in [0.2, 0.25) is 0 Å². The van der Waals surface area contributed by atoms with Crippen LogP contribution in [0.2, 0.25) is 0 Å². The number of hydrogen-bond acceptors (Lipinski definition) is 1. The zero-order valence-corrected chi connectivity index (χ0v) is 4.14. The molecule has 1 nitrogen and oxygen atoms in total. The van der Waals surface area contributed by atoms with E-state index in [9.17, 15) is 4.79 Å². The summed E-state index contributed by atoms with van der Waals surface area (Å²) in [4.78, 5) is 9.60. The Bertz CT molecular complexity index is 126. The summed E-state index contributed by atoms with van der Waals surface area (Å²) in [6.45, 7) is 1.70. The van der Waals surface area contributed by atoms with E-state index in [0.717, 1.165) is 0 Å². The fourth-order valence-corrected chi connectivity index (χ4v) is 0.150. The molecule has 0 fully saturated rings. The van der Waals surface area contributed by atoms with Crippen LogP contribution in [0, 0.1) is 12.3 Å². The molecular formula is C6H6O. The molecule has 0 rings (SSSR count). The van der Waals surface area contributed by atoms with Crippen molar-refractivity contribution in [2.24, 2.45) is 0 Å². The van der Waals surface area contributed by atoms with E-state index in [-0.39, 0.29) is 0 Å². The van der Waals surface area contributed by atoms with Crippen LogP contribution in [0.5, 0.6) is 0 Å². The van der Waals surface area contributed by atoms with Gasteiger partial charge in [-0.1, -0.05) is 5.92 Å². The molecule has 7 heavy (non-hydrogen) atoms. The van der Waals surface area contributed by atoms with Crippen LogP contribution in [0.1, 0.15) is 6.92 Å². The van der Waals surface area contributed by atoms with Crippen LogP contribution in [0.25, 0.3) is 0 Å². The summed E-state index contributed by atoms with van der Waals surface area (Å²) < 4.78 is 0. The highest BCUT2D eigenvalue weighted by Crippen LogP contribution is 1.82. The van der Waals surface area contributed by atoms with Crippen molar-refractivity contribution in [3.05, 3.63) is 11.6 Å². The van der Waals surface area contributed by atoms with Crippen molar-refractivity contribution in [1.29, 1.82) is 0 Å². The summed E-state index contributed by atoms with van der Waals surface area (Å²) in [7, 11) is 0. The van der Waals surface area contributed by atoms with E-state index in [1.54, 1.807) is 6.92 Å². The molecule has 0 unspecified atom stereocenters. The molecule has 0 heterocycles. The molecule has 0 aromatic heterocycles. The maximum atomic E-state index is 9.60. The van der Waals surface area contributed by atoms with Gasteiger partial charge in [0.15, 0.2) is 0 Å². The second kappa shape index (κ2) is 3.17. The minimum atomic E-state index is 0.662. The largest absolute Gasteiger partial charge is 0.299 e. The smallest absolute Gasteiger partial charge is 0.143 e. The van der Waals surface area contributed by atoms with Crippen molar-refractivity contribution in [3.8, 4) is 12.3 Å². The average molecular weight is 94.1 g/mol. The Morgan fingerprint density at radius 1 is 1.86 bits per heavy atom. The molecule has 0 aromatic carbocycles. The summed E-state index contributed by atoms with van der Waals surface area (Å²) in [6, 6.07) is 0. The van der Waals surface area contributed by atoms with Gasteiger partial charge in [0.05, 0.1) is 0 Å². The summed E-state index contributed by atoms with van der Waals surface area (Å²) in [5.41, 5.74) is 0.662. The first kappa shape index (κ1) is 5.97. The molecule has 0 aliphatic carbocycles. The molecule has 0 saturated carbocycles. The lowest BCUT2D eigenvalue weighted by atomic mass is 10.3. The topological polar surface area (TPSA) is 17.1 Å². The zero-order chi connectivity index (χ0) is 5.70.